The number of hydrogen-bond acceptors (Lipinski definition) is 1. The fourth-order valence-electron chi connectivity index (χ4n) is 2.90. The first-order chi connectivity index (χ1) is 7.59. The summed E-state index contributed by atoms with van der Waals surface area (Å²) >= 11 is 0. The summed E-state index contributed by atoms with van der Waals surface area (Å²) in [6.07, 6.45) is 3.07. The number of carbonyl (C=O) groups excluding carboxylic acids is 1. The fourth-order valence-corrected chi connectivity index (χ4v) is 2.90. The summed E-state index contributed by atoms with van der Waals surface area (Å²) < 4.78 is 0. The van der Waals surface area contributed by atoms with Gasteiger partial charge in [0, 0.05) is 12.1 Å². The molecule has 17 heavy (non-hydrogen) atoms. The second-order valence-corrected chi connectivity index (χ2v) is 7.13. The molecule has 0 rings (SSSR count). The maximum Gasteiger partial charge on any atom is 0.210 e. The summed E-state index contributed by atoms with van der Waals surface area (Å²) in [5, 5.41) is 0. The molecule has 0 saturated heterocycles. The highest BCUT2D eigenvalue weighted by molar-refractivity contribution is 5.49. The number of nitrogens with zero attached hydrogens (tertiary/aromatic N) is 1. The van der Waals surface area contributed by atoms with Crippen molar-refractivity contribution in [2.24, 2.45) is 10.8 Å². The maximum atomic E-state index is 11.5. The molecule has 0 radical (unpaired) electrons. The van der Waals surface area contributed by atoms with Gasteiger partial charge in [-0.15, -0.1) is 0 Å². The lowest BCUT2D eigenvalue weighted by Gasteiger charge is -2.46. The van der Waals surface area contributed by atoms with Crippen molar-refractivity contribution in [3.63, 3.8) is 0 Å². The van der Waals surface area contributed by atoms with Gasteiger partial charge in [0.25, 0.3) is 0 Å². The molecule has 0 spiro atoms. The minimum Gasteiger partial charge on any atom is -0.338 e. The van der Waals surface area contributed by atoms with Gasteiger partial charge >= 0.3 is 0 Å². The van der Waals surface area contributed by atoms with E-state index < -0.39 is 0 Å². The highest BCUT2D eigenvalue weighted by atomic mass is 16.1. The van der Waals surface area contributed by atoms with Crippen LogP contribution >= 0.6 is 0 Å². The van der Waals surface area contributed by atoms with Crippen molar-refractivity contribution in [3.8, 4) is 0 Å². The van der Waals surface area contributed by atoms with Gasteiger partial charge in [0.15, 0.2) is 0 Å². The van der Waals surface area contributed by atoms with Crippen molar-refractivity contribution in [3.05, 3.63) is 0 Å². The third-order valence-electron chi connectivity index (χ3n) is 3.61. The molecule has 0 aromatic carbocycles. The van der Waals surface area contributed by atoms with Gasteiger partial charge in [-0.3, -0.25) is 4.79 Å². The van der Waals surface area contributed by atoms with E-state index in [0.717, 1.165) is 19.3 Å². The Balaban J connectivity index is 5.22. The minimum atomic E-state index is 0.133. The van der Waals surface area contributed by atoms with Crippen molar-refractivity contribution in [1.29, 1.82) is 0 Å². The minimum absolute atomic E-state index is 0.133. The molecular formula is C15H31NO. The van der Waals surface area contributed by atoms with Gasteiger partial charge in [-0.25, -0.2) is 0 Å². The number of hydrogen-bond donors (Lipinski definition) is 0. The lowest BCUT2D eigenvalue weighted by molar-refractivity contribution is -0.129. The molecule has 0 bridgehead atoms. The molecule has 2 unspecified atom stereocenters. The van der Waals surface area contributed by atoms with Crippen molar-refractivity contribution in [2.75, 3.05) is 0 Å². The van der Waals surface area contributed by atoms with E-state index in [-0.39, 0.29) is 10.8 Å². The predicted octanol–water partition coefficient (Wildman–Crippen LogP) is 4.09. The zero-order chi connectivity index (χ0) is 13.9. The molecule has 0 aromatic rings. The van der Waals surface area contributed by atoms with Crippen molar-refractivity contribution in [1.82, 2.24) is 4.90 Å². The molecule has 0 aliphatic rings. The van der Waals surface area contributed by atoms with E-state index >= 15 is 0 Å². The summed E-state index contributed by atoms with van der Waals surface area (Å²) in [6, 6.07) is 0.619. The maximum absolute atomic E-state index is 11.5. The van der Waals surface area contributed by atoms with Crippen LogP contribution in [0.5, 0.6) is 0 Å². The topological polar surface area (TPSA) is 20.3 Å². The monoisotopic (exact) mass is 241 g/mol. The molecule has 0 fully saturated rings. The number of carbonyl (C=O) groups is 1. The summed E-state index contributed by atoms with van der Waals surface area (Å²) in [4.78, 5) is 13.6. The van der Waals surface area contributed by atoms with E-state index in [9.17, 15) is 4.79 Å². The Morgan fingerprint density at radius 2 is 1.18 bits per heavy atom. The SMILES string of the molecule is CCC(N(C=O)C(CC)C(C)(C)C)C(C)(C)C. The fraction of sp³-hybridized carbons (Fsp3) is 0.933. The van der Waals surface area contributed by atoms with E-state index in [2.05, 4.69) is 60.3 Å². The Labute approximate surface area is 108 Å². The van der Waals surface area contributed by atoms with Gasteiger partial charge in [0.1, 0.15) is 0 Å². The first-order valence-electron chi connectivity index (χ1n) is 6.82. The van der Waals surface area contributed by atoms with Crippen LogP contribution < -0.4 is 0 Å². The van der Waals surface area contributed by atoms with Gasteiger partial charge in [-0.2, -0.15) is 0 Å². The van der Waals surface area contributed by atoms with Crippen LogP contribution in [0.15, 0.2) is 0 Å². The highest BCUT2D eigenvalue weighted by Gasteiger charge is 2.36. The Kier molecular flexibility index (Phi) is 5.70. The van der Waals surface area contributed by atoms with Crippen LogP contribution in [0.1, 0.15) is 68.2 Å². The summed E-state index contributed by atoms with van der Waals surface area (Å²) in [5.41, 5.74) is 0.267. The molecule has 1 amide bonds. The smallest absolute Gasteiger partial charge is 0.210 e. The quantitative estimate of drug-likeness (QED) is 0.664. The van der Waals surface area contributed by atoms with E-state index in [0.29, 0.717) is 12.1 Å². The third kappa shape index (κ3) is 4.33. The van der Waals surface area contributed by atoms with Crippen LogP contribution in [-0.4, -0.2) is 23.4 Å². The average Bonchev–Trinajstić information content (AvgIpc) is 2.13. The molecule has 2 nitrogen and oxygen atoms in total. The van der Waals surface area contributed by atoms with Crippen molar-refractivity contribution in [2.45, 2.75) is 80.3 Å². The van der Waals surface area contributed by atoms with E-state index in [1.807, 2.05) is 0 Å². The highest BCUT2D eigenvalue weighted by Crippen LogP contribution is 2.34. The van der Waals surface area contributed by atoms with Gasteiger partial charge in [0.2, 0.25) is 6.41 Å². The van der Waals surface area contributed by atoms with E-state index in [4.69, 9.17) is 0 Å². The first kappa shape index (κ1) is 16.5. The zero-order valence-electron chi connectivity index (χ0n) is 13.0. The zero-order valence-corrected chi connectivity index (χ0v) is 13.0. The molecule has 2 heteroatoms. The Bertz CT molecular complexity index is 212. The summed E-state index contributed by atoms with van der Waals surface area (Å²) in [5.74, 6) is 0. The lowest BCUT2D eigenvalue weighted by Crippen LogP contribution is -2.52. The molecule has 0 aliphatic heterocycles. The van der Waals surface area contributed by atoms with Crippen molar-refractivity contribution >= 4 is 6.41 Å². The van der Waals surface area contributed by atoms with E-state index in [1.165, 1.54) is 0 Å². The number of amides is 1. The summed E-state index contributed by atoms with van der Waals surface area (Å²) in [6.45, 7) is 17.6. The molecular weight excluding hydrogens is 210 g/mol. The van der Waals surface area contributed by atoms with Crippen LogP contribution in [-0.2, 0) is 4.79 Å². The molecule has 0 N–H and O–H groups in total. The molecule has 0 aromatic heterocycles. The summed E-state index contributed by atoms with van der Waals surface area (Å²) in [7, 11) is 0. The molecule has 0 aliphatic carbocycles. The second-order valence-electron chi connectivity index (χ2n) is 7.13. The van der Waals surface area contributed by atoms with Crippen LogP contribution in [0.25, 0.3) is 0 Å². The van der Waals surface area contributed by atoms with Gasteiger partial charge in [-0.1, -0.05) is 55.4 Å². The molecule has 102 valence electrons. The lowest BCUT2D eigenvalue weighted by atomic mass is 9.78. The molecule has 0 heterocycles. The predicted molar refractivity (Wildman–Crippen MR) is 75.0 cm³/mol. The van der Waals surface area contributed by atoms with E-state index in [1.54, 1.807) is 0 Å². The number of rotatable bonds is 5. The largest absolute Gasteiger partial charge is 0.338 e. The van der Waals surface area contributed by atoms with Crippen molar-refractivity contribution < 1.29 is 4.79 Å². The van der Waals surface area contributed by atoms with Crippen LogP contribution in [0.3, 0.4) is 0 Å². The molecule has 2 atom stereocenters. The first-order valence-corrected chi connectivity index (χ1v) is 6.82. The van der Waals surface area contributed by atoms with Gasteiger partial charge in [0.05, 0.1) is 0 Å². The Hall–Kier alpha value is -0.530. The Morgan fingerprint density at radius 3 is 1.29 bits per heavy atom. The van der Waals surface area contributed by atoms with Crippen LogP contribution in [0.2, 0.25) is 0 Å². The van der Waals surface area contributed by atoms with Crippen LogP contribution in [0, 0.1) is 10.8 Å². The van der Waals surface area contributed by atoms with Gasteiger partial charge < -0.3 is 4.90 Å². The molecule has 0 saturated carbocycles. The third-order valence-corrected chi connectivity index (χ3v) is 3.61. The second kappa shape index (κ2) is 5.88. The van der Waals surface area contributed by atoms with Crippen LogP contribution in [0.4, 0.5) is 0 Å². The van der Waals surface area contributed by atoms with Gasteiger partial charge in [-0.05, 0) is 23.7 Å². The standard InChI is InChI=1S/C15H31NO/c1-9-12(14(3,4)5)16(11-17)13(10-2)15(6,7)8/h11-13H,9-10H2,1-8H3. The average molecular weight is 241 g/mol. The normalized spacial score (nSPS) is 16.5. The Morgan fingerprint density at radius 1 is 0.882 bits per heavy atom.